The second-order valence-electron chi connectivity index (χ2n) is 5.63. The molecule has 0 bridgehead atoms. The minimum Gasteiger partial charge on any atom is -0.355 e. The summed E-state index contributed by atoms with van der Waals surface area (Å²) in [5, 5.41) is 9.49. The molecular weight excluding hydrogens is 296 g/mol. The van der Waals surface area contributed by atoms with Crippen molar-refractivity contribution in [3.05, 3.63) is 51.7 Å². The Kier molecular flexibility index (Phi) is 5.37. The lowest BCUT2D eigenvalue weighted by Gasteiger charge is -2.23. The predicted molar refractivity (Wildman–Crippen MR) is 97.2 cm³/mol. The molecule has 0 aliphatic heterocycles. The van der Waals surface area contributed by atoms with Gasteiger partial charge in [-0.2, -0.15) is 0 Å². The molecule has 2 nitrogen and oxygen atoms in total. The van der Waals surface area contributed by atoms with Crippen LogP contribution >= 0.6 is 23.6 Å². The minimum atomic E-state index is 0.247. The lowest BCUT2D eigenvalue weighted by Crippen LogP contribution is -2.34. The molecule has 0 saturated heterocycles. The molecule has 2 aromatic rings. The number of thiophene rings is 1. The van der Waals surface area contributed by atoms with Gasteiger partial charge < -0.3 is 10.6 Å². The van der Waals surface area contributed by atoms with E-state index in [9.17, 15) is 0 Å². The van der Waals surface area contributed by atoms with Gasteiger partial charge in [0.15, 0.2) is 5.11 Å². The van der Waals surface area contributed by atoms with Gasteiger partial charge in [-0.3, -0.25) is 0 Å². The van der Waals surface area contributed by atoms with E-state index in [1.165, 1.54) is 16.0 Å². The first kappa shape index (κ1) is 16.0. The number of benzene rings is 1. The first-order valence-electron chi connectivity index (χ1n) is 7.15. The molecule has 4 heteroatoms. The van der Waals surface area contributed by atoms with Crippen molar-refractivity contribution in [3.63, 3.8) is 0 Å². The lowest BCUT2D eigenvalue weighted by atomic mass is 10.0. The standard InChI is InChI=1S/C17H22N2S2/c1-11(2)16(15-6-5-9-21-15)19-17(20)18-14-8-7-12(3)13(4)10-14/h5-11,16H,1-4H3,(H2,18,19,20)/t16-/m1/s1. The SMILES string of the molecule is Cc1ccc(NC(=S)N[C@@H](c2cccs2)C(C)C)cc1C. The molecule has 21 heavy (non-hydrogen) atoms. The molecule has 0 radical (unpaired) electrons. The van der Waals surface area contributed by atoms with Crippen LogP contribution in [0.25, 0.3) is 0 Å². The van der Waals surface area contributed by atoms with E-state index in [0.717, 1.165) is 5.69 Å². The van der Waals surface area contributed by atoms with Gasteiger partial charge in [0.25, 0.3) is 0 Å². The van der Waals surface area contributed by atoms with Crippen molar-refractivity contribution in [2.45, 2.75) is 33.7 Å². The quantitative estimate of drug-likeness (QED) is 0.772. The van der Waals surface area contributed by atoms with Gasteiger partial charge in [0.05, 0.1) is 6.04 Å². The summed E-state index contributed by atoms with van der Waals surface area (Å²) < 4.78 is 0. The molecule has 0 unspecified atom stereocenters. The molecule has 1 heterocycles. The number of rotatable bonds is 4. The molecule has 0 spiro atoms. The highest BCUT2D eigenvalue weighted by Gasteiger charge is 2.17. The van der Waals surface area contributed by atoms with Gasteiger partial charge in [0.2, 0.25) is 0 Å². The molecule has 1 atom stereocenters. The smallest absolute Gasteiger partial charge is 0.171 e. The van der Waals surface area contributed by atoms with Crippen LogP contribution in [0.3, 0.4) is 0 Å². The zero-order chi connectivity index (χ0) is 15.4. The first-order chi connectivity index (χ1) is 9.97. The fourth-order valence-electron chi connectivity index (χ4n) is 2.16. The monoisotopic (exact) mass is 318 g/mol. The summed E-state index contributed by atoms with van der Waals surface area (Å²) >= 11 is 7.23. The van der Waals surface area contributed by atoms with Crippen LogP contribution in [0.2, 0.25) is 0 Å². The molecule has 0 saturated carbocycles. The molecular formula is C17H22N2S2. The van der Waals surface area contributed by atoms with Gasteiger partial charge in [0.1, 0.15) is 0 Å². The van der Waals surface area contributed by atoms with E-state index in [0.29, 0.717) is 11.0 Å². The van der Waals surface area contributed by atoms with Crippen LogP contribution in [0, 0.1) is 19.8 Å². The van der Waals surface area contributed by atoms with E-state index in [1.54, 1.807) is 11.3 Å². The highest BCUT2D eigenvalue weighted by atomic mass is 32.1. The topological polar surface area (TPSA) is 24.1 Å². The fraction of sp³-hybridized carbons (Fsp3) is 0.353. The Hall–Kier alpha value is -1.39. The third kappa shape index (κ3) is 4.29. The van der Waals surface area contributed by atoms with Crippen molar-refractivity contribution in [1.29, 1.82) is 0 Å². The van der Waals surface area contributed by atoms with Crippen LogP contribution in [0.5, 0.6) is 0 Å². The van der Waals surface area contributed by atoms with Crippen LogP contribution in [-0.4, -0.2) is 5.11 Å². The van der Waals surface area contributed by atoms with Crippen molar-refractivity contribution in [1.82, 2.24) is 5.32 Å². The Balaban J connectivity index is 2.04. The molecule has 0 aliphatic carbocycles. The van der Waals surface area contributed by atoms with Gasteiger partial charge in [-0.1, -0.05) is 26.0 Å². The zero-order valence-electron chi connectivity index (χ0n) is 12.9. The first-order valence-corrected chi connectivity index (χ1v) is 8.44. The zero-order valence-corrected chi connectivity index (χ0v) is 14.6. The summed E-state index contributed by atoms with van der Waals surface area (Å²) in [6, 6.07) is 10.8. The maximum Gasteiger partial charge on any atom is 0.171 e. The molecule has 1 aromatic carbocycles. The highest BCUT2D eigenvalue weighted by Crippen LogP contribution is 2.26. The molecule has 2 rings (SSSR count). The van der Waals surface area contributed by atoms with Crippen LogP contribution in [0.1, 0.15) is 35.9 Å². The van der Waals surface area contributed by atoms with E-state index in [2.05, 4.69) is 74.0 Å². The third-order valence-corrected chi connectivity index (χ3v) is 4.74. The molecule has 0 fully saturated rings. The van der Waals surface area contributed by atoms with E-state index < -0.39 is 0 Å². The lowest BCUT2D eigenvalue weighted by molar-refractivity contribution is 0.480. The maximum absolute atomic E-state index is 5.46. The Bertz CT molecular complexity index is 603. The van der Waals surface area contributed by atoms with E-state index in [-0.39, 0.29) is 6.04 Å². The van der Waals surface area contributed by atoms with Crippen LogP contribution in [0.15, 0.2) is 35.7 Å². The number of hydrogen-bond acceptors (Lipinski definition) is 2. The second-order valence-corrected chi connectivity index (χ2v) is 7.02. The predicted octanol–water partition coefficient (Wildman–Crippen LogP) is 5.05. The molecule has 0 aliphatic rings. The summed E-state index contributed by atoms with van der Waals surface area (Å²) in [5.41, 5.74) is 3.59. The summed E-state index contributed by atoms with van der Waals surface area (Å²) in [7, 11) is 0. The number of nitrogens with one attached hydrogen (secondary N) is 2. The maximum atomic E-state index is 5.46. The van der Waals surface area contributed by atoms with Crippen LogP contribution in [-0.2, 0) is 0 Å². The van der Waals surface area contributed by atoms with Crippen molar-refractivity contribution in [3.8, 4) is 0 Å². The van der Waals surface area contributed by atoms with Crippen LogP contribution < -0.4 is 10.6 Å². The minimum absolute atomic E-state index is 0.247. The van der Waals surface area contributed by atoms with Gasteiger partial charge in [-0.15, -0.1) is 11.3 Å². The number of aryl methyl sites for hydroxylation is 2. The molecule has 1 aromatic heterocycles. The second kappa shape index (κ2) is 7.05. The summed E-state index contributed by atoms with van der Waals surface area (Å²) in [4.78, 5) is 1.31. The summed E-state index contributed by atoms with van der Waals surface area (Å²) in [5.74, 6) is 0.475. The normalized spacial score (nSPS) is 12.2. The van der Waals surface area contributed by atoms with Gasteiger partial charge in [0, 0.05) is 10.6 Å². The number of hydrogen-bond donors (Lipinski definition) is 2. The van der Waals surface area contributed by atoms with Gasteiger partial charge >= 0.3 is 0 Å². The van der Waals surface area contributed by atoms with E-state index in [1.807, 2.05) is 0 Å². The summed E-state index contributed by atoms with van der Waals surface area (Å²) in [6.07, 6.45) is 0. The Morgan fingerprint density at radius 2 is 1.90 bits per heavy atom. The van der Waals surface area contributed by atoms with E-state index in [4.69, 9.17) is 12.2 Å². The third-order valence-electron chi connectivity index (χ3n) is 3.57. The Morgan fingerprint density at radius 3 is 2.48 bits per heavy atom. The summed E-state index contributed by atoms with van der Waals surface area (Å²) in [6.45, 7) is 8.63. The van der Waals surface area contributed by atoms with Crippen LogP contribution in [0.4, 0.5) is 5.69 Å². The van der Waals surface area contributed by atoms with Crippen molar-refractivity contribution < 1.29 is 0 Å². The average molecular weight is 319 g/mol. The van der Waals surface area contributed by atoms with Crippen molar-refractivity contribution in [2.24, 2.45) is 5.92 Å². The van der Waals surface area contributed by atoms with Crippen molar-refractivity contribution in [2.75, 3.05) is 5.32 Å². The van der Waals surface area contributed by atoms with Crippen molar-refractivity contribution >= 4 is 34.4 Å². The number of thiocarbonyl (C=S) groups is 1. The largest absolute Gasteiger partial charge is 0.355 e. The van der Waals surface area contributed by atoms with Gasteiger partial charge in [-0.25, -0.2) is 0 Å². The van der Waals surface area contributed by atoms with Gasteiger partial charge in [-0.05, 0) is 66.7 Å². The Labute approximate surface area is 136 Å². The molecule has 0 amide bonds. The number of anilines is 1. The molecule has 2 N–H and O–H groups in total. The van der Waals surface area contributed by atoms with E-state index >= 15 is 0 Å². The highest BCUT2D eigenvalue weighted by molar-refractivity contribution is 7.80. The Morgan fingerprint density at radius 1 is 1.14 bits per heavy atom. The average Bonchev–Trinajstić information content (AvgIpc) is 2.93. The molecule has 112 valence electrons. The fourth-order valence-corrected chi connectivity index (χ4v) is 3.36.